The van der Waals surface area contributed by atoms with Gasteiger partial charge in [0.1, 0.15) is 5.82 Å². The molecule has 0 atom stereocenters. The summed E-state index contributed by atoms with van der Waals surface area (Å²) in [7, 11) is 0. The molecule has 2 aliphatic rings. The van der Waals surface area contributed by atoms with E-state index in [9.17, 15) is 18.0 Å². The zero-order valence-corrected chi connectivity index (χ0v) is 18.7. The van der Waals surface area contributed by atoms with Crippen molar-refractivity contribution in [3.05, 3.63) is 47.1 Å². The number of anilines is 2. The molecule has 2 fully saturated rings. The molecule has 0 bridgehead atoms. The fraction of sp³-hybridized carbons (Fsp3) is 0.409. The maximum atomic E-state index is 12.9. The Morgan fingerprint density at radius 3 is 2.56 bits per heavy atom. The summed E-state index contributed by atoms with van der Waals surface area (Å²) in [4.78, 5) is 18.6. The van der Waals surface area contributed by atoms with Gasteiger partial charge in [-0.05, 0) is 54.3 Å². The Labute approximate surface area is 198 Å². The lowest BCUT2D eigenvalue weighted by Crippen LogP contribution is -2.38. The van der Waals surface area contributed by atoms with Crippen LogP contribution in [0, 0.1) is 5.92 Å². The number of halogens is 4. The summed E-state index contributed by atoms with van der Waals surface area (Å²) < 4.78 is 40.4. The zero-order chi connectivity index (χ0) is 23.9. The molecule has 1 N–H and O–H groups in total. The number of nitrogens with zero attached hydrogens (tertiary/aromatic N) is 6. The third-order valence-electron chi connectivity index (χ3n) is 6.09. The van der Waals surface area contributed by atoms with Crippen molar-refractivity contribution < 1.29 is 18.0 Å². The van der Waals surface area contributed by atoms with Gasteiger partial charge in [-0.3, -0.25) is 4.79 Å². The lowest BCUT2D eigenvalue weighted by atomic mass is 9.95. The normalized spacial score (nSPS) is 17.1. The minimum absolute atomic E-state index is 0.0527. The molecule has 1 amide bonds. The lowest BCUT2D eigenvalue weighted by Gasteiger charge is -2.32. The van der Waals surface area contributed by atoms with Crippen LogP contribution in [0.25, 0.3) is 11.4 Å². The predicted octanol–water partition coefficient (Wildman–Crippen LogP) is 4.60. The van der Waals surface area contributed by atoms with Crippen molar-refractivity contribution in [2.24, 2.45) is 5.92 Å². The van der Waals surface area contributed by atoms with Gasteiger partial charge in [0.15, 0.2) is 5.82 Å². The Bertz CT molecular complexity index is 1200. The van der Waals surface area contributed by atoms with Crippen LogP contribution in [-0.4, -0.2) is 44.2 Å². The molecule has 3 heterocycles. The number of benzene rings is 1. The molecule has 2 aromatic heterocycles. The summed E-state index contributed by atoms with van der Waals surface area (Å²) in [5.41, 5.74) is 0.596. The highest BCUT2D eigenvalue weighted by molar-refractivity contribution is 6.33. The van der Waals surface area contributed by atoms with E-state index < -0.39 is 11.7 Å². The van der Waals surface area contributed by atoms with Crippen LogP contribution in [0.1, 0.15) is 37.3 Å². The maximum absolute atomic E-state index is 12.9. The van der Waals surface area contributed by atoms with E-state index >= 15 is 0 Å². The third kappa shape index (κ3) is 4.70. The maximum Gasteiger partial charge on any atom is 0.417 e. The Hall–Kier alpha value is -3.21. The summed E-state index contributed by atoms with van der Waals surface area (Å²) in [6.07, 6.45) is -0.538. The highest BCUT2D eigenvalue weighted by Crippen LogP contribution is 2.37. The van der Waals surface area contributed by atoms with Crippen molar-refractivity contribution in [3.63, 3.8) is 0 Å². The molecule has 3 aromatic rings. The van der Waals surface area contributed by atoms with Gasteiger partial charge in [-0.2, -0.15) is 13.2 Å². The van der Waals surface area contributed by atoms with Crippen molar-refractivity contribution in [3.8, 4) is 11.4 Å². The number of piperidine rings is 1. The van der Waals surface area contributed by atoms with E-state index in [1.165, 1.54) is 0 Å². The standard InChI is InChI=1S/C22H21ClF3N7O/c23-18-11-15(22(24,25)26)12-27-20(18)32-8-6-13(7-9-32)21(34)28-16-3-1-2-14(10-16)19-29-30-31-33(19)17-4-5-17/h1-3,10-13,17H,4-9H2,(H,28,34). The molecule has 1 aliphatic carbocycles. The van der Waals surface area contributed by atoms with Crippen LogP contribution in [0.5, 0.6) is 0 Å². The summed E-state index contributed by atoms with van der Waals surface area (Å²) in [6.45, 7) is 0.929. The molecule has 0 spiro atoms. The van der Waals surface area contributed by atoms with Crippen LogP contribution in [0.3, 0.4) is 0 Å². The molecule has 1 aliphatic heterocycles. The Morgan fingerprint density at radius 1 is 1.12 bits per heavy atom. The van der Waals surface area contributed by atoms with Gasteiger partial charge >= 0.3 is 6.18 Å². The first-order valence-corrected chi connectivity index (χ1v) is 11.3. The van der Waals surface area contributed by atoms with E-state index in [-0.39, 0.29) is 16.8 Å². The van der Waals surface area contributed by atoms with Crippen molar-refractivity contribution >= 4 is 29.0 Å². The molecular weight excluding hydrogens is 471 g/mol. The number of carbonyl (C=O) groups excluding carboxylic acids is 1. The number of pyridine rings is 1. The average molecular weight is 492 g/mol. The van der Waals surface area contributed by atoms with E-state index in [0.717, 1.165) is 30.7 Å². The summed E-state index contributed by atoms with van der Waals surface area (Å²) in [6, 6.07) is 8.63. The topological polar surface area (TPSA) is 88.8 Å². The largest absolute Gasteiger partial charge is 0.417 e. The molecule has 12 heteroatoms. The second-order valence-corrected chi connectivity index (χ2v) is 8.94. The molecule has 1 aromatic carbocycles. The SMILES string of the molecule is O=C(Nc1cccc(-c2nnnn2C2CC2)c1)C1CCN(c2ncc(C(F)(F)F)cc2Cl)CC1. The van der Waals surface area contributed by atoms with Crippen LogP contribution in [0.4, 0.5) is 24.7 Å². The van der Waals surface area contributed by atoms with E-state index in [0.29, 0.717) is 49.3 Å². The van der Waals surface area contributed by atoms with Gasteiger partial charge in [-0.25, -0.2) is 9.67 Å². The molecule has 1 saturated carbocycles. The quantitative estimate of drug-likeness (QED) is 0.561. The minimum Gasteiger partial charge on any atom is -0.355 e. The molecule has 1 saturated heterocycles. The molecule has 178 valence electrons. The number of hydrogen-bond donors (Lipinski definition) is 1. The Kier molecular flexibility index (Phi) is 5.88. The van der Waals surface area contributed by atoms with Crippen LogP contribution >= 0.6 is 11.6 Å². The molecule has 34 heavy (non-hydrogen) atoms. The monoisotopic (exact) mass is 491 g/mol. The number of rotatable bonds is 5. The number of carbonyl (C=O) groups is 1. The Balaban J connectivity index is 1.21. The van der Waals surface area contributed by atoms with Crippen molar-refractivity contribution in [1.82, 2.24) is 25.2 Å². The fourth-order valence-electron chi connectivity index (χ4n) is 4.10. The summed E-state index contributed by atoms with van der Waals surface area (Å²) >= 11 is 6.07. The number of nitrogens with one attached hydrogen (secondary N) is 1. The first kappa shape index (κ1) is 22.6. The molecule has 5 rings (SSSR count). The lowest BCUT2D eigenvalue weighted by molar-refractivity contribution is -0.137. The fourth-order valence-corrected chi connectivity index (χ4v) is 4.39. The summed E-state index contributed by atoms with van der Waals surface area (Å²) in [5, 5.41) is 14.9. The van der Waals surface area contributed by atoms with E-state index in [1.807, 2.05) is 33.8 Å². The number of aromatic nitrogens is 5. The van der Waals surface area contributed by atoms with Gasteiger partial charge in [-0.15, -0.1) is 5.10 Å². The first-order chi connectivity index (χ1) is 16.3. The molecular formula is C22H21ClF3N7O. The minimum atomic E-state index is -4.50. The predicted molar refractivity (Wildman–Crippen MR) is 119 cm³/mol. The number of tetrazole rings is 1. The van der Waals surface area contributed by atoms with Crippen molar-refractivity contribution in [2.45, 2.75) is 37.9 Å². The second-order valence-electron chi connectivity index (χ2n) is 8.54. The Morgan fingerprint density at radius 2 is 1.88 bits per heavy atom. The number of alkyl halides is 3. The smallest absolute Gasteiger partial charge is 0.355 e. The molecule has 0 radical (unpaired) electrons. The van der Waals surface area contributed by atoms with Crippen LogP contribution in [-0.2, 0) is 11.0 Å². The van der Waals surface area contributed by atoms with Gasteiger partial charge < -0.3 is 10.2 Å². The van der Waals surface area contributed by atoms with Gasteiger partial charge in [-0.1, -0.05) is 23.7 Å². The van der Waals surface area contributed by atoms with Crippen LogP contribution in [0.2, 0.25) is 5.02 Å². The second kappa shape index (κ2) is 8.86. The van der Waals surface area contributed by atoms with Gasteiger partial charge in [0.25, 0.3) is 0 Å². The number of hydrogen-bond acceptors (Lipinski definition) is 6. The highest BCUT2D eigenvalue weighted by atomic mass is 35.5. The van der Waals surface area contributed by atoms with Crippen molar-refractivity contribution in [1.29, 1.82) is 0 Å². The van der Waals surface area contributed by atoms with E-state index in [1.54, 1.807) is 0 Å². The highest BCUT2D eigenvalue weighted by Gasteiger charge is 2.33. The van der Waals surface area contributed by atoms with E-state index in [2.05, 4.69) is 25.8 Å². The summed E-state index contributed by atoms with van der Waals surface area (Å²) in [5.74, 6) is 0.636. The molecule has 0 unspecified atom stereocenters. The first-order valence-electron chi connectivity index (χ1n) is 11.0. The number of amides is 1. The van der Waals surface area contributed by atoms with Gasteiger partial charge in [0, 0.05) is 36.5 Å². The van der Waals surface area contributed by atoms with E-state index in [4.69, 9.17) is 11.6 Å². The average Bonchev–Trinajstić information content (AvgIpc) is 3.54. The third-order valence-corrected chi connectivity index (χ3v) is 6.37. The van der Waals surface area contributed by atoms with Crippen LogP contribution in [0.15, 0.2) is 36.5 Å². The molecule has 8 nitrogen and oxygen atoms in total. The van der Waals surface area contributed by atoms with Gasteiger partial charge in [0.2, 0.25) is 5.91 Å². The van der Waals surface area contributed by atoms with Crippen LogP contribution < -0.4 is 10.2 Å². The van der Waals surface area contributed by atoms with Gasteiger partial charge in [0.05, 0.1) is 16.6 Å². The zero-order valence-electron chi connectivity index (χ0n) is 18.0. The van der Waals surface area contributed by atoms with Crippen molar-refractivity contribution in [2.75, 3.05) is 23.3 Å².